The number of fused-ring (bicyclic) bond motifs is 1. The van der Waals surface area contributed by atoms with Gasteiger partial charge in [-0.25, -0.2) is 0 Å². The second-order valence-corrected chi connectivity index (χ2v) is 5.53. The molecule has 2 aromatic carbocycles. The molecule has 1 aliphatic heterocycles. The highest BCUT2D eigenvalue weighted by Gasteiger charge is 2.26. The van der Waals surface area contributed by atoms with Gasteiger partial charge in [0.25, 0.3) is 5.91 Å². The van der Waals surface area contributed by atoms with Crippen molar-refractivity contribution < 1.29 is 9.59 Å². The summed E-state index contributed by atoms with van der Waals surface area (Å²) in [5, 5.41) is 2.86. The van der Waals surface area contributed by atoms with Gasteiger partial charge in [0, 0.05) is 17.9 Å². The first-order valence-corrected chi connectivity index (χ1v) is 7.35. The Bertz CT molecular complexity index is 667. The summed E-state index contributed by atoms with van der Waals surface area (Å²) in [6.45, 7) is 0.463. The topological polar surface area (TPSA) is 46.2 Å². The summed E-state index contributed by atoms with van der Waals surface area (Å²) in [4.78, 5) is 24.1. The Labute approximate surface area is 121 Å². The minimum Gasteiger partial charge on any atom is -0.348 e. The maximum atomic E-state index is 12.3. The van der Waals surface area contributed by atoms with Crippen LogP contribution in [-0.4, -0.2) is 11.0 Å². The van der Waals surface area contributed by atoms with E-state index in [1.807, 2.05) is 42.5 Å². The van der Waals surface area contributed by atoms with E-state index in [2.05, 4.69) is 5.32 Å². The van der Waals surface area contributed by atoms with Gasteiger partial charge in [0.15, 0.2) is 0 Å². The summed E-state index contributed by atoms with van der Waals surface area (Å²) in [6, 6.07) is 15.2. The number of hydrogen-bond donors (Lipinski definition) is 1. The first-order valence-electron chi connectivity index (χ1n) is 6.37. The predicted molar refractivity (Wildman–Crippen MR) is 79.7 cm³/mol. The quantitative estimate of drug-likeness (QED) is 0.942. The largest absolute Gasteiger partial charge is 0.348 e. The Hall–Kier alpha value is -2.07. The van der Waals surface area contributed by atoms with Crippen molar-refractivity contribution in [2.45, 2.75) is 12.3 Å². The summed E-state index contributed by atoms with van der Waals surface area (Å²) >= 11 is 1.25. The zero-order chi connectivity index (χ0) is 13.9. The first-order chi connectivity index (χ1) is 9.75. The number of rotatable bonds is 3. The van der Waals surface area contributed by atoms with Gasteiger partial charge in [0.1, 0.15) is 0 Å². The zero-order valence-electron chi connectivity index (χ0n) is 10.8. The highest BCUT2D eigenvalue weighted by molar-refractivity contribution is 8.13. The van der Waals surface area contributed by atoms with E-state index >= 15 is 0 Å². The smallest absolute Gasteiger partial charge is 0.252 e. The van der Waals surface area contributed by atoms with Crippen LogP contribution in [0.2, 0.25) is 0 Å². The van der Waals surface area contributed by atoms with Crippen LogP contribution in [0, 0.1) is 0 Å². The number of thioether (sulfide) groups is 1. The fourth-order valence-electron chi connectivity index (χ4n) is 2.24. The van der Waals surface area contributed by atoms with Crippen LogP contribution < -0.4 is 5.32 Å². The van der Waals surface area contributed by atoms with Crippen molar-refractivity contribution in [2.24, 2.45) is 0 Å². The number of amides is 1. The van der Waals surface area contributed by atoms with Gasteiger partial charge in [0.05, 0.1) is 5.56 Å². The van der Waals surface area contributed by atoms with Crippen molar-refractivity contribution >= 4 is 22.8 Å². The lowest BCUT2D eigenvalue weighted by Gasteiger charge is -2.08. The molecule has 0 bridgehead atoms. The summed E-state index contributed by atoms with van der Waals surface area (Å²) in [6.07, 6.45) is 0. The Morgan fingerprint density at radius 1 is 1.10 bits per heavy atom. The van der Waals surface area contributed by atoms with Gasteiger partial charge in [-0.1, -0.05) is 54.2 Å². The molecule has 1 aliphatic rings. The van der Waals surface area contributed by atoms with Crippen LogP contribution in [0.25, 0.3) is 0 Å². The molecule has 3 rings (SSSR count). The first kappa shape index (κ1) is 12.9. The van der Waals surface area contributed by atoms with E-state index < -0.39 is 0 Å². The van der Waals surface area contributed by atoms with Crippen LogP contribution in [-0.2, 0) is 12.3 Å². The molecule has 0 radical (unpaired) electrons. The fourth-order valence-corrected chi connectivity index (χ4v) is 3.15. The maximum Gasteiger partial charge on any atom is 0.252 e. The minimum atomic E-state index is -0.193. The number of hydrogen-bond acceptors (Lipinski definition) is 3. The molecule has 3 nitrogen and oxygen atoms in total. The monoisotopic (exact) mass is 283 g/mol. The highest BCUT2D eigenvalue weighted by Crippen LogP contribution is 2.32. The van der Waals surface area contributed by atoms with Gasteiger partial charge in [-0.2, -0.15) is 0 Å². The van der Waals surface area contributed by atoms with Crippen molar-refractivity contribution in [2.75, 3.05) is 0 Å². The molecule has 0 fully saturated rings. The molecule has 100 valence electrons. The van der Waals surface area contributed by atoms with Gasteiger partial charge in [-0.05, 0) is 17.2 Å². The van der Waals surface area contributed by atoms with E-state index in [0.29, 0.717) is 23.4 Å². The molecule has 1 amide bonds. The average Bonchev–Trinajstić information content (AvgIpc) is 2.87. The third-order valence-corrected chi connectivity index (χ3v) is 4.18. The lowest BCUT2D eigenvalue weighted by molar-refractivity contribution is 0.0944. The minimum absolute atomic E-state index is 0.00883. The van der Waals surface area contributed by atoms with Crippen LogP contribution >= 0.6 is 11.8 Å². The fraction of sp³-hybridized carbons (Fsp3) is 0.125. The zero-order valence-corrected chi connectivity index (χ0v) is 11.6. The Balaban J connectivity index is 1.79. The summed E-state index contributed by atoms with van der Waals surface area (Å²) in [7, 11) is 0. The van der Waals surface area contributed by atoms with Crippen molar-refractivity contribution in [3.63, 3.8) is 0 Å². The lowest BCUT2D eigenvalue weighted by atomic mass is 10.0. The number of nitrogens with one attached hydrogen (secondary N) is 1. The molecule has 1 N–H and O–H groups in total. The second kappa shape index (κ2) is 5.51. The van der Waals surface area contributed by atoms with Crippen LogP contribution in [0.15, 0.2) is 48.5 Å². The van der Waals surface area contributed by atoms with E-state index in [0.717, 1.165) is 11.1 Å². The SMILES string of the molecule is O=C(NCc1ccccc1)c1cccc2c1C(=O)SC2. The molecular weight excluding hydrogens is 270 g/mol. The molecule has 20 heavy (non-hydrogen) atoms. The highest BCUT2D eigenvalue weighted by atomic mass is 32.2. The van der Waals surface area contributed by atoms with Crippen molar-refractivity contribution in [1.29, 1.82) is 0 Å². The third-order valence-electron chi connectivity index (χ3n) is 3.25. The van der Waals surface area contributed by atoms with Gasteiger partial charge < -0.3 is 5.32 Å². The normalized spacial score (nSPS) is 13.1. The summed E-state index contributed by atoms with van der Waals surface area (Å²) < 4.78 is 0. The Morgan fingerprint density at radius 3 is 2.70 bits per heavy atom. The second-order valence-electron chi connectivity index (χ2n) is 4.58. The standard InChI is InChI=1S/C16H13NO2S/c18-15(17-9-11-5-2-1-3-6-11)13-8-4-7-12-10-20-16(19)14(12)13/h1-8H,9-10H2,(H,17,18). The molecule has 2 aromatic rings. The van der Waals surface area contributed by atoms with E-state index in [1.165, 1.54) is 11.8 Å². The van der Waals surface area contributed by atoms with Gasteiger partial charge >= 0.3 is 0 Å². The summed E-state index contributed by atoms with van der Waals surface area (Å²) in [5.74, 6) is 0.468. The van der Waals surface area contributed by atoms with Crippen LogP contribution in [0.1, 0.15) is 31.8 Å². The molecular formula is C16H13NO2S. The van der Waals surface area contributed by atoms with E-state index in [9.17, 15) is 9.59 Å². The van der Waals surface area contributed by atoms with E-state index in [1.54, 1.807) is 6.07 Å². The third kappa shape index (κ3) is 2.47. The predicted octanol–water partition coefficient (Wildman–Crippen LogP) is 3.00. The molecule has 0 atom stereocenters. The van der Waals surface area contributed by atoms with Crippen molar-refractivity contribution in [3.8, 4) is 0 Å². The molecule has 0 unspecified atom stereocenters. The molecule has 4 heteroatoms. The van der Waals surface area contributed by atoms with E-state index in [4.69, 9.17) is 0 Å². The number of carbonyl (C=O) groups excluding carboxylic acids is 2. The maximum absolute atomic E-state index is 12.3. The average molecular weight is 283 g/mol. The Kier molecular flexibility index (Phi) is 3.56. The molecule has 1 heterocycles. The molecule has 0 spiro atoms. The number of carbonyl (C=O) groups is 2. The molecule has 0 aliphatic carbocycles. The molecule has 0 saturated carbocycles. The van der Waals surface area contributed by atoms with Crippen molar-refractivity contribution in [3.05, 3.63) is 70.8 Å². The molecule has 0 saturated heterocycles. The lowest BCUT2D eigenvalue weighted by Crippen LogP contribution is -2.24. The van der Waals surface area contributed by atoms with Crippen LogP contribution in [0.4, 0.5) is 0 Å². The van der Waals surface area contributed by atoms with Crippen LogP contribution in [0.5, 0.6) is 0 Å². The van der Waals surface area contributed by atoms with Gasteiger partial charge in [-0.15, -0.1) is 0 Å². The molecule has 0 aromatic heterocycles. The van der Waals surface area contributed by atoms with Gasteiger partial charge in [0.2, 0.25) is 5.12 Å². The number of benzene rings is 2. The Morgan fingerprint density at radius 2 is 1.90 bits per heavy atom. The van der Waals surface area contributed by atoms with Crippen molar-refractivity contribution in [1.82, 2.24) is 5.32 Å². The summed E-state index contributed by atoms with van der Waals surface area (Å²) in [5.41, 5.74) is 3.04. The van der Waals surface area contributed by atoms with Gasteiger partial charge in [-0.3, -0.25) is 9.59 Å². The van der Waals surface area contributed by atoms with Crippen LogP contribution in [0.3, 0.4) is 0 Å². The van der Waals surface area contributed by atoms with E-state index in [-0.39, 0.29) is 11.0 Å².